The smallest absolute Gasteiger partial charge is 0.254 e. The lowest BCUT2D eigenvalue weighted by Gasteiger charge is -2.12. The number of nitrogens with two attached hydrogens (primary N) is 1. The van der Waals surface area contributed by atoms with Crippen molar-refractivity contribution in [2.24, 2.45) is 0 Å². The lowest BCUT2D eigenvalue weighted by Crippen LogP contribution is -2.24. The first kappa shape index (κ1) is 16.9. The summed E-state index contributed by atoms with van der Waals surface area (Å²) in [6.45, 7) is 0.0815. The van der Waals surface area contributed by atoms with Crippen LogP contribution in [0, 0.1) is 5.82 Å². The van der Waals surface area contributed by atoms with E-state index < -0.39 is 11.7 Å². The second kappa shape index (κ2) is 7.19. The topological polar surface area (TPSA) is 73.6 Å². The maximum absolute atomic E-state index is 14.0. The highest BCUT2D eigenvalue weighted by Crippen LogP contribution is 2.30. The standard InChI is InChI=1S/C16H16ClFN2O3/c1-22-14-6-9(12(18)7-15(14)23-2)16(21)20-8-10-11(17)4-3-5-13(10)19/h3-7H,8,19H2,1-2H3,(H,20,21). The Labute approximate surface area is 138 Å². The van der Waals surface area contributed by atoms with Crippen molar-refractivity contribution in [3.63, 3.8) is 0 Å². The van der Waals surface area contributed by atoms with Crippen LogP contribution in [0.25, 0.3) is 0 Å². The third kappa shape index (κ3) is 3.65. The summed E-state index contributed by atoms with van der Waals surface area (Å²) in [5.74, 6) is -0.858. The van der Waals surface area contributed by atoms with Gasteiger partial charge in [-0.1, -0.05) is 17.7 Å². The summed E-state index contributed by atoms with van der Waals surface area (Å²) in [4.78, 5) is 12.2. The van der Waals surface area contributed by atoms with Crippen molar-refractivity contribution in [2.75, 3.05) is 20.0 Å². The molecule has 0 spiro atoms. The molecule has 0 atom stereocenters. The molecule has 0 fully saturated rings. The Hall–Kier alpha value is -2.47. The van der Waals surface area contributed by atoms with E-state index in [0.29, 0.717) is 16.3 Å². The third-order valence-corrected chi connectivity index (χ3v) is 3.65. The van der Waals surface area contributed by atoms with Crippen molar-refractivity contribution < 1.29 is 18.7 Å². The number of methoxy groups -OCH3 is 2. The van der Waals surface area contributed by atoms with Gasteiger partial charge in [-0.15, -0.1) is 0 Å². The maximum Gasteiger partial charge on any atom is 0.254 e. The molecule has 0 saturated heterocycles. The van der Waals surface area contributed by atoms with Crippen LogP contribution in [0.15, 0.2) is 30.3 Å². The summed E-state index contributed by atoms with van der Waals surface area (Å²) in [5.41, 5.74) is 6.68. The Balaban J connectivity index is 2.21. The number of anilines is 1. The summed E-state index contributed by atoms with van der Waals surface area (Å²) in [6.07, 6.45) is 0. The summed E-state index contributed by atoms with van der Waals surface area (Å²) in [6, 6.07) is 7.41. The second-order valence-corrected chi connectivity index (χ2v) is 5.08. The van der Waals surface area contributed by atoms with E-state index in [2.05, 4.69) is 5.32 Å². The van der Waals surface area contributed by atoms with E-state index in [0.717, 1.165) is 6.07 Å². The number of hydrogen-bond donors (Lipinski definition) is 2. The fraction of sp³-hybridized carbons (Fsp3) is 0.188. The van der Waals surface area contributed by atoms with Crippen LogP contribution in [0.5, 0.6) is 11.5 Å². The number of ether oxygens (including phenoxy) is 2. The minimum absolute atomic E-state index is 0.0815. The zero-order chi connectivity index (χ0) is 17.0. The van der Waals surface area contributed by atoms with Gasteiger partial charge in [0.05, 0.1) is 19.8 Å². The average Bonchev–Trinajstić information content (AvgIpc) is 2.53. The summed E-state index contributed by atoms with van der Waals surface area (Å²) < 4.78 is 24.1. The van der Waals surface area contributed by atoms with E-state index in [-0.39, 0.29) is 23.6 Å². The number of amides is 1. The van der Waals surface area contributed by atoms with Crippen LogP contribution in [0.1, 0.15) is 15.9 Å². The van der Waals surface area contributed by atoms with Gasteiger partial charge in [0.25, 0.3) is 5.91 Å². The molecule has 3 N–H and O–H groups in total. The van der Waals surface area contributed by atoms with Crippen LogP contribution >= 0.6 is 11.6 Å². The van der Waals surface area contributed by atoms with E-state index in [4.69, 9.17) is 26.8 Å². The summed E-state index contributed by atoms with van der Waals surface area (Å²) in [7, 11) is 2.79. The first-order valence-corrected chi connectivity index (χ1v) is 7.08. The molecular formula is C16H16ClFN2O3. The van der Waals surface area contributed by atoms with Crippen molar-refractivity contribution in [1.82, 2.24) is 5.32 Å². The number of benzene rings is 2. The third-order valence-electron chi connectivity index (χ3n) is 3.30. The minimum atomic E-state index is -0.715. The van der Waals surface area contributed by atoms with Crippen molar-refractivity contribution in [1.29, 1.82) is 0 Å². The SMILES string of the molecule is COc1cc(F)c(C(=O)NCc2c(N)cccc2Cl)cc1OC. The van der Waals surface area contributed by atoms with Crippen LogP contribution in [-0.4, -0.2) is 20.1 Å². The zero-order valence-corrected chi connectivity index (χ0v) is 13.4. The van der Waals surface area contributed by atoms with Crippen LogP contribution in [0.3, 0.4) is 0 Å². The minimum Gasteiger partial charge on any atom is -0.493 e. The molecule has 0 bridgehead atoms. The predicted octanol–water partition coefficient (Wildman–Crippen LogP) is 3.01. The molecule has 0 aliphatic carbocycles. The molecule has 7 heteroatoms. The van der Waals surface area contributed by atoms with Gasteiger partial charge in [-0.05, 0) is 18.2 Å². The van der Waals surface area contributed by atoms with Crippen molar-refractivity contribution in [3.05, 3.63) is 52.3 Å². The Morgan fingerprint density at radius 2 is 1.91 bits per heavy atom. The van der Waals surface area contributed by atoms with E-state index in [1.165, 1.54) is 20.3 Å². The number of nitrogen functional groups attached to an aromatic ring is 1. The molecule has 0 aliphatic heterocycles. The molecule has 23 heavy (non-hydrogen) atoms. The Morgan fingerprint density at radius 3 is 2.52 bits per heavy atom. The predicted molar refractivity (Wildman–Crippen MR) is 86.5 cm³/mol. The number of hydrogen-bond acceptors (Lipinski definition) is 4. The highest BCUT2D eigenvalue weighted by Gasteiger charge is 2.17. The summed E-state index contributed by atoms with van der Waals surface area (Å²) >= 11 is 6.04. The van der Waals surface area contributed by atoms with Crippen LogP contribution in [-0.2, 0) is 6.54 Å². The van der Waals surface area contributed by atoms with E-state index >= 15 is 0 Å². The van der Waals surface area contributed by atoms with Gasteiger partial charge in [0.1, 0.15) is 5.82 Å². The maximum atomic E-state index is 14.0. The lowest BCUT2D eigenvalue weighted by atomic mass is 10.1. The Bertz CT molecular complexity index is 717. The molecule has 0 unspecified atom stereocenters. The highest BCUT2D eigenvalue weighted by molar-refractivity contribution is 6.31. The number of halogens is 2. The van der Waals surface area contributed by atoms with Gasteiger partial charge in [0, 0.05) is 28.9 Å². The fourth-order valence-electron chi connectivity index (χ4n) is 2.05. The fourth-order valence-corrected chi connectivity index (χ4v) is 2.30. The van der Waals surface area contributed by atoms with Crippen molar-refractivity contribution >= 4 is 23.2 Å². The van der Waals surface area contributed by atoms with Gasteiger partial charge in [0.2, 0.25) is 0 Å². The van der Waals surface area contributed by atoms with Gasteiger partial charge in [-0.2, -0.15) is 0 Å². The molecule has 1 amide bonds. The largest absolute Gasteiger partial charge is 0.493 e. The van der Waals surface area contributed by atoms with Gasteiger partial charge in [-0.3, -0.25) is 4.79 Å². The van der Waals surface area contributed by atoms with Crippen LogP contribution in [0.2, 0.25) is 5.02 Å². The Kier molecular flexibility index (Phi) is 5.28. The number of rotatable bonds is 5. The highest BCUT2D eigenvalue weighted by atomic mass is 35.5. The first-order valence-electron chi connectivity index (χ1n) is 6.70. The van der Waals surface area contributed by atoms with Crippen LogP contribution < -0.4 is 20.5 Å². The molecule has 2 rings (SSSR count). The molecule has 5 nitrogen and oxygen atoms in total. The number of nitrogens with one attached hydrogen (secondary N) is 1. The van der Waals surface area contributed by atoms with E-state index in [9.17, 15) is 9.18 Å². The molecule has 2 aromatic rings. The Morgan fingerprint density at radius 1 is 1.26 bits per heavy atom. The molecular weight excluding hydrogens is 323 g/mol. The molecule has 0 aromatic heterocycles. The first-order chi connectivity index (χ1) is 11.0. The van der Waals surface area contributed by atoms with Gasteiger partial charge < -0.3 is 20.5 Å². The quantitative estimate of drug-likeness (QED) is 0.822. The van der Waals surface area contributed by atoms with Crippen molar-refractivity contribution in [2.45, 2.75) is 6.54 Å². The normalized spacial score (nSPS) is 10.3. The van der Waals surface area contributed by atoms with Gasteiger partial charge in [0.15, 0.2) is 11.5 Å². The lowest BCUT2D eigenvalue weighted by molar-refractivity contribution is 0.0946. The second-order valence-electron chi connectivity index (χ2n) is 4.68. The molecule has 0 aliphatic rings. The molecule has 2 aromatic carbocycles. The summed E-state index contributed by atoms with van der Waals surface area (Å²) in [5, 5.41) is 3.02. The van der Waals surface area contributed by atoms with Gasteiger partial charge in [-0.25, -0.2) is 4.39 Å². The van der Waals surface area contributed by atoms with Gasteiger partial charge >= 0.3 is 0 Å². The number of carbonyl (C=O) groups is 1. The van der Waals surface area contributed by atoms with E-state index in [1.807, 2.05) is 0 Å². The van der Waals surface area contributed by atoms with Crippen molar-refractivity contribution in [3.8, 4) is 11.5 Å². The monoisotopic (exact) mass is 338 g/mol. The van der Waals surface area contributed by atoms with E-state index in [1.54, 1.807) is 18.2 Å². The molecule has 0 radical (unpaired) electrons. The van der Waals surface area contributed by atoms with Crippen LogP contribution in [0.4, 0.5) is 10.1 Å². The molecule has 0 saturated carbocycles. The average molecular weight is 339 g/mol. The zero-order valence-electron chi connectivity index (χ0n) is 12.7. The number of carbonyl (C=O) groups excluding carboxylic acids is 1. The molecule has 122 valence electrons. The molecule has 0 heterocycles.